The fraction of sp³-hybridized carbons (Fsp3) is 0.310. The molecule has 2 atom stereocenters. The van der Waals surface area contributed by atoms with Gasteiger partial charge in [-0.1, -0.05) is 6.07 Å². The maximum Gasteiger partial charge on any atom is 0.161 e. The molecule has 2 heterocycles. The molecule has 2 aliphatic rings. The molecule has 7 heteroatoms. The minimum Gasteiger partial charge on any atom is -0.493 e. The van der Waals surface area contributed by atoms with E-state index >= 15 is 0 Å². The first kappa shape index (κ1) is 23.7. The van der Waals surface area contributed by atoms with Gasteiger partial charge in [0.05, 0.1) is 54.7 Å². The summed E-state index contributed by atoms with van der Waals surface area (Å²) >= 11 is 0. The number of hydrogen-bond acceptors (Lipinski definition) is 7. The highest BCUT2D eigenvalue weighted by Crippen LogP contribution is 2.51. The van der Waals surface area contributed by atoms with Crippen LogP contribution in [0, 0.1) is 0 Å². The van der Waals surface area contributed by atoms with E-state index in [1.807, 2.05) is 18.2 Å². The van der Waals surface area contributed by atoms with E-state index in [0.717, 1.165) is 28.9 Å². The van der Waals surface area contributed by atoms with Crippen molar-refractivity contribution in [1.82, 2.24) is 4.90 Å². The first-order chi connectivity index (χ1) is 17.6. The fourth-order valence-electron chi connectivity index (χ4n) is 5.37. The zero-order valence-electron chi connectivity index (χ0n) is 21.5. The Kier molecular flexibility index (Phi) is 6.31. The summed E-state index contributed by atoms with van der Waals surface area (Å²) in [7, 11) is 9.96. The van der Waals surface area contributed by atoms with Gasteiger partial charge >= 0.3 is 0 Å². The molecule has 0 N–H and O–H groups in total. The number of fused-ring (bicyclic) bond motifs is 4. The van der Waals surface area contributed by atoms with Crippen LogP contribution in [0.25, 0.3) is 6.08 Å². The third kappa shape index (κ3) is 3.75. The van der Waals surface area contributed by atoms with Gasteiger partial charge in [-0.25, -0.2) is 0 Å². The van der Waals surface area contributed by atoms with E-state index in [1.165, 1.54) is 11.1 Å². The minimum absolute atomic E-state index is 0.0773. The zero-order valence-corrected chi connectivity index (χ0v) is 21.5. The van der Waals surface area contributed by atoms with Crippen molar-refractivity contribution in [2.24, 2.45) is 0 Å². The summed E-state index contributed by atoms with van der Waals surface area (Å²) in [5.41, 5.74) is 5.73. The molecule has 7 nitrogen and oxygen atoms in total. The monoisotopic (exact) mass is 489 g/mol. The lowest BCUT2D eigenvalue weighted by molar-refractivity contribution is 0.208. The van der Waals surface area contributed by atoms with Crippen LogP contribution >= 0.6 is 0 Å². The second kappa shape index (κ2) is 9.57. The van der Waals surface area contributed by atoms with Crippen LogP contribution in [0.15, 0.2) is 48.7 Å². The number of rotatable bonds is 7. The maximum atomic E-state index is 5.68. The zero-order chi connectivity index (χ0) is 25.4. The molecular weight excluding hydrogens is 458 g/mol. The SMILES string of the molecule is COc1ccc(C2c3cc(OC)c(OC)cc3CC3c4cc(OC)c(OC)cc4C=CN32)cc1OC. The molecular formula is C29H31NO6. The van der Waals surface area contributed by atoms with Gasteiger partial charge in [0.2, 0.25) is 0 Å². The Hall–Kier alpha value is -4.00. The Balaban J connectivity index is 1.72. The Bertz CT molecular complexity index is 1320. The lowest BCUT2D eigenvalue weighted by atomic mass is 9.80. The molecule has 0 saturated heterocycles. The van der Waals surface area contributed by atoms with Crippen molar-refractivity contribution >= 4 is 6.08 Å². The maximum absolute atomic E-state index is 5.68. The average Bonchev–Trinajstić information content (AvgIpc) is 2.93. The third-order valence-corrected chi connectivity index (χ3v) is 7.11. The second-order valence-electron chi connectivity index (χ2n) is 8.74. The van der Waals surface area contributed by atoms with E-state index in [2.05, 4.69) is 41.4 Å². The lowest BCUT2D eigenvalue weighted by Crippen LogP contribution is -2.37. The lowest BCUT2D eigenvalue weighted by Gasteiger charge is -2.46. The third-order valence-electron chi connectivity index (χ3n) is 7.11. The Morgan fingerprint density at radius 3 is 1.81 bits per heavy atom. The first-order valence-electron chi connectivity index (χ1n) is 11.7. The van der Waals surface area contributed by atoms with E-state index < -0.39 is 0 Å². The Morgan fingerprint density at radius 1 is 0.611 bits per heavy atom. The second-order valence-corrected chi connectivity index (χ2v) is 8.74. The van der Waals surface area contributed by atoms with E-state index in [4.69, 9.17) is 28.4 Å². The molecule has 0 radical (unpaired) electrons. The van der Waals surface area contributed by atoms with Gasteiger partial charge in [0.1, 0.15) is 0 Å². The highest BCUT2D eigenvalue weighted by molar-refractivity contribution is 5.65. The molecule has 5 rings (SSSR count). The predicted molar refractivity (Wildman–Crippen MR) is 138 cm³/mol. The molecule has 0 aliphatic carbocycles. The number of hydrogen-bond donors (Lipinski definition) is 0. The standard InChI is InChI=1S/C29H31NO6/c1-31-23-8-7-18(13-24(23)32-2)29-21-16-28(36-6)26(34-4)14-19(21)11-22-20-15-27(35-5)25(33-3)12-17(20)9-10-30(22)29/h7-10,12-16,22,29H,11H2,1-6H3. The summed E-state index contributed by atoms with van der Waals surface area (Å²) in [6, 6.07) is 14.4. The van der Waals surface area contributed by atoms with E-state index in [9.17, 15) is 0 Å². The van der Waals surface area contributed by atoms with Crippen LogP contribution in [-0.4, -0.2) is 47.6 Å². The van der Waals surface area contributed by atoms with Gasteiger partial charge in [-0.3, -0.25) is 0 Å². The van der Waals surface area contributed by atoms with Crippen molar-refractivity contribution in [2.45, 2.75) is 18.5 Å². The fourth-order valence-corrected chi connectivity index (χ4v) is 5.37. The van der Waals surface area contributed by atoms with Gasteiger partial charge in [-0.05, 0) is 76.7 Å². The van der Waals surface area contributed by atoms with Crippen molar-refractivity contribution in [3.63, 3.8) is 0 Å². The molecule has 2 unspecified atom stereocenters. The predicted octanol–water partition coefficient (Wildman–Crippen LogP) is 5.41. The molecule has 0 spiro atoms. The van der Waals surface area contributed by atoms with Gasteiger partial charge in [-0.15, -0.1) is 0 Å². The normalized spacial score (nSPS) is 17.4. The summed E-state index contributed by atoms with van der Waals surface area (Å²) in [6.07, 6.45) is 5.10. The number of methoxy groups -OCH3 is 6. The van der Waals surface area contributed by atoms with Crippen LogP contribution in [0.3, 0.4) is 0 Å². The Morgan fingerprint density at radius 2 is 1.17 bits per heavy atom. The smallest absolute Gasteiger partial charge is 0.161 e. The summed E-state index contributed by atoms with van der Waals surface area (Å²) in [5.74, 6) is 4.23. The van der Waals surface area contributed by atoms with Gasteiger partial charge in [0, 0.05) is 6.20 Å². The van der Waals surface area contributed by atoms with Gasteiger partial charge in [0.25, 0.3) is 0 Å². The molecule has 0 saturated carbocycles. The van der Waals surface area contributed by atoms with Crippen LogP contribution in [0.4, 0.5) is 0 Å². The van der Waals surface area contributed by atoms with E-state index in [1.54, 1.807) is 42.7 Å². The molecule has 0 amide bonds. The molecule has 3 aromatic carbocycles. The number of ether oxygens (including phenoxy) is 6. The van der Waals surface area contributed by atoms with E-state index in [0.29, 0.717) is 28.7 Å². The first-order valence-corrected chi connectivity index (χ1v) is 11.7. The van der Waals surface area contributed by atoms with Crippen molar-refractivity contribution in [3.05, 3.63) is 76.5 Å². The summed E-state index contributed by atoms with van der Waals surface area (Å²) < 4.78 is 33.7. The minimum atomic E-state index is -0.0872. The van der Waals surface area contributed by atoms with Crippen LogP contribution in [-0.2, 0) is 6.42 Å². The van der Waals surface area contributed by atoms with Crippen molar-refractivity contribution < 1.29 is 28.4 Å². The average molecular weight is 490 g/mol. The summed E-state index contributed by atoms with van der Waals surface area (Å²) in [4.78, 5) is 2.39. The highest BCUT2D eigenvalue weighted by atomic mass is 16.5. The van der Waals surface area contributed by atoms with Crippen LogP contribution in [0.1, 0.15) is 39.9 Å². The van der Waals surface area contributed by atoms with Gasteiger partial charge in [-0.2, -0.15) is 0 Å². The molecule has 188 valence electrons. The quantitative estimate of drug-likeness (QED) is 0.440. The van der Waals surface area contributed by atoms with Crippen LogP contribution < -0.4 is 28.4 Å². The number of nitrogens with zero attached hydrogens (tertiary/aromatic N) is 1. The highest BCUT2D eigenvalue weighted by Gasteiger charge is 2.38. The van der Waals surface area contributed by atoms with Crippen molar-refractivity contribution in [1.29, 1.82) is 0 Å². The van der Waals surface area contributed by atoms with Crippen molar-refractivity contribution in [2.75, 3.05) is 42.7 Å². The Labute approximate surface area is 211 Å². The molecule has 0 fully saturated rings. The topological polar surface area (TPSA) is 58.6 Å². The van der Waals surface area contributed by atoms with Crippen LogP contribution in [0.2, 0.25) is 0 Å². The van der Waals surface area contributed by atoms with Gasteiger partial charge < -0.3 is 33.3 Å². The van der Waals surface area contributed by atoms with Gasteiger partial charge in [0.15, 0.2) is 34.5 Å². The summed E-state index contributed by atoms with van der Waals surface area (Å²) in [6.45, 7) is 0. The van der Waals surface area contributed by atoms with Crippen molar-refractivity contribution in [3.8, 4) is 34.5 Å². The largest absolute Gasteiger partial charge is 0.493 e. The summed E-state index contributed by atoms with van der Waals surface area (Å²) in [5, 5.41) is 0. The number of benzene rings is 3. The van der Waals surface area contributed by atoms with Crippen LogP contribution in [0.5, 0.6) is 34.5 Å². The molecule has 2 aliphatic heterocycles. The molecule has 36 heavy (non-hydrogen) atoms. The van der Waals surface area contributed by atoms with E-state index in [-0.39, 0.29) is 12.1 Å². The molecule has 3 aromatic rings. The molecule has 0 aromatic heterocycles. The molecule has 0 bridgehead atoms.